The van der Waals surface area contributed by atoms with Crippen LogP contribution in [0.1, 0.15) is 18.4 Å². The maximum absolute atomic E-state index is 5.80. The number of nitrogens with one attached hydrogen (secondary N) is 1. The van der Waals surface area contributed by atoms with Gasteiger partial charge in [-0.05, 0) is 24.5 Å². The van der Waals surface area contributed by atoms with Gasteiger partial charge >= 0.3 is 0 Å². The molecule has 1 aliphatic carbocycles. The molecule has 1 aliphatic heterocycles. The van der Waals surface area contributed by atoms with Crippen LogP contribution < -0.4 is 5.32 Å². The summed E-state index contributed by atoms with van der Waals surface area (Å²) in [7, 11) is 0. The quantitative estimate of drug-likeness (QED) is 0.843. The second kappa shape index (κ2) is 5.78. The summed E-state index contributed by atoms with van der Waals surface area (Å²) in [6, 6.07) is 4.93. The van der Waals surface area contributed by atoms with E-state index in [9.17, 15) is 0 Å². The van der Waals surface area contributed by atoms with Crippen LogP contribution >= 0.6 is 0 Å². The SMILES string of the molecule is c1cncc(CNC[C@H]2CN(C3CC3)CCO2)c1. The average Bonchev–Trinajstić information content (AvgIpc) is 3.25. The van der Waals surface area contributed by atoms with E-state index in [1.807, 2.05) is 12.3 Å². The second-order valence-electron chi connectivity index (χ2n) is 5.21. The molecule has 4 heteroatoms. The number of rotatable bonds is 5. The highest BCUT2D eigenvalue weighted by molar-refractivity contribution is 5.07. The van der Waals surface area contributed by atoms with Crippen molar-refractivity contribution in [3.63, 3.8) is 0 Å². The maximum atomic E-state index is 5.80. The third-order valence-corrected chi connectivity index (χ3v) is 3.66. The van der Waals surface area contributed by atoms with Crippen molar-refractivity contribution in [3.8, 4) is 0 Å². The molecule has 0 radical (unpaired) electrons. The molecule has 0 bridgehead atoms. The molecule has 1 N–H and O–H groups in total. The van der Waals surface area contributed by atoms with E-state index in [4.69, 9.17) is 4.74 Å². The molecule has 0 unspecified atom stereocenters. The average molecular weight is 247 g/mol. The molecule has 98 valence electrons. The first-order chi connectivity index (χ1) is 8.92. The van der Waals surface area contributed by atoms with Crippen molar-refractivity contribution >= 4 is 0 Å². The van der Waals surface area contributed by atoms with Gasteiger partial charge in [-0.3, -0.25) is 9.88 Å². The van der Waals surface area contributed by atoms with E-state index in [1.54, 1.807) is 6.20 Å². The van der Waals surface area contributed by atoms with Gasteiger partial charge in [0.2, 0.25) is 0 Å². The number of hydrogen-bond acceptors (Lipinski definition) is 4. The van der Waals surface area contributed by atoms with Gasteiger partial charge in [0.05, 0.1) is 12.7 Å². The van der Waals surface area contributed by atoms with Gasteiger partial charge in [-0.2, -0.15) is 0 Å². The van der Waals surface area contributed by atoms with E-state index >= 15 is 0 Å². The minimum absolute atomic E-state index is 0.344. The van der Waals surface area contributed by atoms with Crippen LogP contribution in [0.4, 0.5) is 0 Å². The van der Waals surface area contributed by atoms with Gasteiger partial charge in [0.25, 0.3) is 0 Å². The van der Waals surface area contributed by atoms with Crippen molar-refractivity contribution < 1.29 is 4.74 Å². The summed E-state index contributed by atoms with van der Waals surface area (Å²) >= 11 is 0. The standard InChI is InChI=1S/C14H21N3O/c1-2-12(8-15-5-1)9-16-10-14-11-17(6-7-18-14)13-3-4-13/h1-2,5,8,13-14,16H,3-4,6-7,9-11H2/t14-/m0/s1. The minimum Gasteiger partial charge on any atom is -0.374 e. The van der Waals surface area contributed by atoms with Gasteiger partial charge in [-0.15, -0.1) is 0 Å². The lowest BCUT2D eigenvalue weighted by Crippen LogP contribution is -2.47. The smallest absolute Gasteiger partial charge is 0.0826 e. The Bertz CT molecular complexity index is 367. The summed E-state index contributed by atoms with van der Waals surface area (Å²) in [6.07, 6.45) is 6.83. The predicted molar refractivity (Wildman–Crippen MR) is 70.3 cm³/mol. The van der Waals surface area contributed by atoms with Crippen LogP contribution in [-0.4, -0.2) is 48.3 Å². The summed E-state index contributed by atoms with van der Waals surface area (Å²) in [4.78, 5) is 6.70. The fourth-order valence-electron chi connectivity index (χ4n) is 2.52. The summed E-state index contributed by atoms with van der Waals surface area (Å²) in [5, 5.41) is 3.46. The molecule has 2 fully saturated rings. The van der Waals surface area contributed by atoms with Crippen molar-refractivity contribution in [2.45, 2.75) is 31.5 Å². The zero-order valence-corrected chi connectivity index (χ0v) is 10.7. The molecule has 18 heavy (non-hydrogen) atoms. The molecular formula is C14H21N3O. The Labute approximate surface area is 108 Å². The number of hydrogen-bond donors (Lipinski definition) is 1. The molecular weight excluding hydrogens is 226 g/mol. The normalized spacial score (nSPS) is 25.2. The van der Waals surface area contributed by atoms with Gasteiger partial charge < -0.3 is 10.1 Å². The van der Waals surface area contributed by atoms with Crippen molar-refractivity contribution in [2.75, 3.05) is 26.2 Å². The zero-order valence-electron chi connectivity index (χ0n) is 10.7. The summed E-state index contributed by atoms with van der Waals surface area (Å²) in [6.45, 7) is 4.89. The van der Waals surface area contributed by atoms with Crippen molar-refractivity contribution in [1.82, 2.24) is 15.2 Å². The van der Waals surface area contributed by atoms with Crippen molar-refractivity contribution in [2.24, 2.45) is 0 Å². The van der Waals surface area contributed by atoms with Gasteiger partial charge in [0.1, 0.15) is 0 Å². The molecule has 0 aromatic carbocycles. The summed E-state index contributed by atoms with van der Waals surface area (Å²) < 4.78 is 5.80. The molecule has 1 saturated heterocycles. The second-order valence-corrected chi connectivity index (χ2v) is 5.21. The van der Waals surface area contributed by atoms with Gasteiger partial charge in [-0.25, -0.2) is 0 Å². The van der Waals surface area contributed by atoms with Crippen LogP contribution in [0.5, 0.6) is 0 Å². The fourth-order valence-corrected chi connectivity index (χ4v) is 2.52. The monoisotopic (exact) mass is 247 g/mol. The Hall–Kier alpha value is -0.970. The number of pyridine rings is 1. The topological polar surface area (TPSA) is 37.4 Å². The Balaban J connectivity index is 1.40. The molecule has 2 aliphatic rings. The number of ether oxygens (including phenoxy) is 1. The fraction of sp³-hybridized carbons (Fsp3) is 0.643. The number of morpholine rings is 1. The van der Waals surface area contributed by atoms with E-state index in [2.05, 4.69) is 21.3 Å². The van der Waals surface area contributed by atoms with E-state index in [0.29, 0.717) is 6.10 Å². The minimum atomic E-state index is 0.344. The molecule has 0 spiro atoms. The van der Waals surface area contributed by atoms with Crippen LogP contribution in [0.3, 0.4) is 0 Å². The van der Waals surface area contributed by atoms with Crippen LogP contribution in [0.15, 0.2) is 24.5 Å². The van der Waals surface area contributed by atoms with Crippen LogP contribution in [0, 0.1) is 0 Å². The third kappa shape index (κ3) is 3.28. The predicted octanol–water partition coefficient (Wildman–Crippen LogP) is 1.03. The van der Waals surface area contributed by atoms with E-state index in [-0.39, 0.29) is 0 Å². The van der Waals surface area contributed by atoms with Crippen molar-refractivity contribution in [3.05, 3.63) is 30.1 Å². The van der Waals surface area contributed by atoms with Crippen LogP contribution in [0.2, 0.25) is 0 Å². The van der Waals surface area contributed by atoms with Crippen molar-refractivity contribution in [1.29, 1.82) is 0 Å². The first-order valence-corrected chi connectivity index (χ1v) is 6.87. The number of nitrogens with zero attached hydrogens (tertiary/aromatic N) is 2. The molecule has 0 amide bonds. The molecule has 1 aromatic heterocycles. The van der Waals surface area contributed by atoms with Crippen LogP contribution in [-0.2, 0) is 11.3 Å². The van der Waals surface area contributed by atoms with Gasteiger partial charge in [0.15, 0.2) is 0 Å². The highest BCUT2D eigenvalue weighted by Gasteiger charge is 2.32. The maximum Gasteiger partial charge on any atom is 0.0826 e. The van der Waals surface area contributed by atoms with E-state index in [0.717, 1.165) is 38.8 Å². The highest BCUT2D eigenvalue weighted by Crippen LogP contribution is 2.28. The number of aromatic nitrogens is 1. The largest absolute Gasteiger partial charge is 0.374 e. The molecule has 1 atom stereocenters. The lowest BCUT2D eigenvalue weighted by atomic mass is 10.2. The van der Waals surface area contributed by atoms with E-state index in [1.165, 1.54) is 18.4 Å². The molecule has 1 aromatic rings. The lowest BCUT2D eigenvalue weighted by Gasteiger charge is -2.33. The Morgan fingerprint density at radius 1 is 1.44 bits per heavy atom. The lowest BCUT2D eigenvalue weighted by molar-refractivity contribution is -0.0301. The summed E-state index contributed by atoms with van der Waals surface area (Å²) in [5.74, 6) is 0. The highest BCUT2D eigenvalue weighted by atomic mass is 16.5. The molecule has 1 saturated carbocycles. The first kappa shape index (κ1) is 12.1. The van der Waals surface area contributed by atoms with E-state index < -0.39 is 0 Å². The Morgan fingerprint density at radius 2 is 2.39 bits per heavy atom. The first-order valence-electron chi connectivity index (χ1n) is 6.87. The zero-order chi connectivity index (χ0) is 12.2. The molecule has 4 nitrogen and oxygen atoms in total. The third-order valence-electron chi connectivity index (χ3n) is 3.66. The van der Waals surface area contributed by atoms with Gasteiger partial charge in [0, 0.05) is 44.6 Å². The van der Waals surface area contributed by atoms with Crippen LogP contribution in [0.25, 0.3) is 0 Å². The molecule has 2 heterocycles. The summed E-state index contributed by atoms with van der Waals surface area (Å²) in [5.41, 5.74) is 1.23. The Kier molecular flexibility index (Phi) is 3.88. The van der Waals surface area contributed by atoms with Gasteiger partial charge in [-0.1, -0.05) is 6.07 Å². The Morgan fingerprint density at radius 3 is 3.17 bits per heavy atom. The molecule has 3 rings (SSSR count).